The first kappa shape index (κ1) is 26.0. The van der Waals surface area contributed by atoms with Crippen LogP contribution in [0, 0.1) is 0 Å². The Labute approximate surface area is 212 Å². The number of fused-ring (bicyclic) bond motifs is 1. The van der Waals surface area contributed by atoms with Gasteiger partial charge in [0.15, 0.2) is 0 Å². The summed E-state index contributed by atoms with van der Waals surface area (Å²) in [7, 11) is 0. The topological polar surface area (TPSA) is 67.8 Å². The number of aliphatic hydroxyl groups excluding tert-OH is 1. The molecule has 0 spiro atoms. The molecule has 0 aromatic heterocycles. The van der Waals surface area contributed by atoms with Gasteiger partial charge in [0.25, 0.3) is 0 Å². The highest BCUT2D eigenvalue weighted by Gasteiger charge is 2.30. The Balaban J connectivity index is 1.58. The van der Waals surface area contributed by atoms with E-state index in [4.69, 9.17) is 9.47 Å². The third-order valence-corrected chi connectivity index (χ3v) is 5.77. The Morgan fingerprint density at radius 3 is 2.41 bits per heavy atom. The molecule has 3 aromatic rings. The van der Waals surface area contributed by atoms with Crippen LogP contribution in [-0.2, 0) is 17.4 Å². The number of alkyl halides is 3. The van der Waals surface area contributed by atoms with Crippen molar-refractivity contribution in [2.24, 2.45) is 0 Å². The van der Waals surface area contributed by atoms with Crippen molar-refractivity contribution in [1.82, 2.24) is 0 Å². The summed E-state index contributed by atoms with van der Waals surface area (Å²) < 4.78 is 50.1. The number of anilines is 1. The summed E-state index contributed by atoms with van der Waals surface area (Å²) in [6.45, 7) is 2.58. The summed E-state index contributed by atoms with van der Waals surface area (Å²) in [4.78, 5) is 12.6. The van der Waals surface area contributed by atoms with E-state index in [1.54, 1.807) is 42.5 Å². The number of hydrogen-bond donors (Lipinski definition) is 2. The lowest BCUT2D eigenvalue weighted by molar-refractivity contribution is -0.137. The minimum atomic E-state index is -4.43. The van der Waals surface area contributed by atoms with Gasteiger partial charge in [-0.25, -0.2) is 0 Å². The lowest BCUT2D eigenvalue weighted by atomic mass is 9.96. The van der Waals surface area contributed by atoms with Gasteiger partial charge in [-0.1, -0.05) is 42.5 Å². The molecule has 2 N–H and O–H groups in total. The Kier molecular flexibility index (Phi) is 7.98. The Hall–Kier alpha value is -4.04. The fourth-order valence-corrected chi connectivity index (χ4v) is 4.01. The number of carbonyl (C=O) groups is 1. The summed E-state index contributed by atoms with van der Waals surface area (Å²) in [5, 5.41) is 12.7. The molecule has 4 rings (SSSR count). The van der Waals surface area contributed by atoms with Crippen molar-refractivity contribution >= 4 is 17.2 Å². The summed E-state index contributed by atoms with van der Waals surface area (Å²) in [6.07, 6.45) is -0.171. The molecule has 0 radical (unpaired) electrons. The molecule has 5 nitrogen and oxygen atoms in total. The Morgan fingerprint density at radius 2 is 1.76 bits per heavy atom. The molecule has 1 amide bonds. The van der Waals surface area contributed by atoms with Gasteiger partial charge in [0.1, 0.15) is 18.1 Å². The molecule has 1 atom stereocenters. The van der Waals surface area contributed by atoms with Gasteiger partial charge in [0, 0.05) is 23.7 Å². The maximum absolute atomic E-state index is 13.1. The number of aliphatic hydroxyl groups is 1. The first-order chi connectivity index (χ1) is 17.7. The van der Waals surface area contributed by atoms with E-state index in [2.05, 4.69) is 5.32 Å². The molecule has 0 fully saturated rings. The van der Waals surface area contributed by atoms with Gasteiger partial charge in [-0.2, -0.15) is 13.2 Å². The van der Waals surface area contributed by atoms with E-state index in [0.29, 0.717) is 41.4 Å². The van der Waals surface area contributed by atoms with E-state index in [0.717, 1.165) is 23.3 Å². The van der Waals surface area contributed by atoms with Gasteiger partial charge in [-0.3, -0.25) is 4.79 Å². The fraction of sp³-hybridized carbons (Fsp3) is 0.207. The van der Waals surface area contributed by atoms with Crippen molar-refractivity contribution in [2.75, 3.05) is 18.5 Å². The zero-order chi connectivity index (χ0) is 26.4. The lowest BCUT2D eigenvalue weighted by Crippen LogP contribution is -2.26. The van der Waals surface area contributed by atoms with Crippen molar-refractivity contribution in [3.63, 3.8) is 0 Å². The van der Waals surface area contributed by atoms with Crippen molar-refractivity contribution < 1.29 is 32.5 Å². The van der Waals surface area contributed by atoms with Gasteiger partial charge in [-0.15, -0.1) is 0 Å². The minimum absolute atomic E-state index is 0.202. The van der Waals surface area contributed by atoms with Crippen LogP contribution >= 0.6 is 0 Å². The zero-order valence-electron chi connectivity index (χ0n) is 20.1. The highest BCUT2D eigenvalue weighted by atomic mass is 19.4. The number of nitrogens with one attached hydrogen (secondary N) is 1. The number of allylic oxidation sites excluding steroid dienone is 2. The molecule has 37 heavy (non-hydrogen) atoms. The van der Waals surface area contributed by atoms with Crippen LogP contribution in [0.1, 0.15) is 29.2 Å². The fourth-order valence-electron chi connectivity index (χ4n) is 4.01. The van der Waals surface area contributed by atoms with Crippen LogP contribution in [-0.4, -0.2) is 30.3 Å². The highest BCUT2D eigenvalue weighted by Crippen LogP contribution is 2.33. The van der Waals surface area contributed by atoms with Crippen LogP contribution in [0.5, 0.6) is 11.5 Å². The first-order valence-electron chi connectivity index (χ1n) is 11.8. The molecule has 0 aliphatic carbocycles. The van der Waals surface area contributed by atoms with E-state index < -0.39 is 23.8 Å². The molecular formula is C29H26F3NO4. The number of halogens is 3. The van der Waals surface area contributed by atoms with Gasteiger partial charge in [0.2, 0.25) is 5.91 Å². The van der Waals surface area contributed by atoms with E-state index in [1.807, 2.05) is 19.1 Å². The van der Waals surface area contributed by atoms with Crippen LogP contribution in [0.15, 0.2) is 85.0 Å². The molecule has 0 bridgehead atoms. The van der Waals surface area contributed by atoms with Crippen LogP contribution in [0.2, 0.25) is 0 Å². The number of amides is 1. The molecule has 1 aliphatic rings. The van der Waals surface area contributed by atoms with Crippen molar-refractivity contribution in [1.29, 1.82) is 0 Å². The van der Waals surface area contributed by atoms with Crippen LogP contribution in [0.25, 0.3) is 5.57 Å². The molecule has 1 aliphatic heterocycles. The minimum Gasteiger partial charge on any atom is -0.494 e. The number of rotatable bonds is 7. The standard InChI is InChI=1S/C29H26F3NO4/c1-2-36-23-15-11-20(12-16-23)24(19-9-13-21(14-10-19)29(30,31)32)5-3-8-28(35)33-26-6-4-7-27-25(26)17-22(34)18-37-27/h3-16,22,34H,2,17-18H2,1H3,(H,33,35)/b8-3+,24-5-. The second kappa shape index (κ2) is 11.3. The summed E-state index contributed by atoms with van der Waals surface area (Å²) in [6, 6.07) is 17.3. The number of ether oxygens (including phenoxy) is 2. The van der Waals surface area contributed by atoms with E-state index in [-0.39, 0.29) is 6.61 Å². The molecule has 1 unspecified atom stereocenters. The third-order valence-electron chi connectivity index (χ3n) is 5.77. The monoisotopic (exact) mass is 509 g/mol. The zero-order valence-corrected chi connectivity index (χ0v) is 20.1. The number of hydrogen-bond acceptors (Lipinski definition) is 4. The van der Waals surface area contributed by atoms with E-state index in [1.165, 1.54) is 18.2 Å². The van der Waals surface area contributed by atoms with Crippen LogP contribution in [0.3, 0.4) is 0 Å². The SMILES string of the molecule is CCOc1ccc(/C(=C\C=C\C(=O)Nc2cccc3c2CC(O)CO3)c2ccc(C(F)(F)F)cc2)cc1. The molecule has 1 heterocycles. The molecular weight excluding hydrogens is 483 g/mol. The predicted molar refractivity (Wildman–Crippen MR) is 136 cm³/mol. The Bertz CT molecular complexity index is 1300. The average molecular weight is 510 g/mol. The van der Waals surface area contributed by atoms with Gasteiger partial charge in [0.05, 0.1) is 18.3 Å². The summed E-state index contributed by atoms with van der Waals surface area (Å²) >= 11 is 0. The number of benzene rings is 3. The van der Waals surface area contributed by atoms with Crippen molar-refractivity contribution in [3.8, 4) is 11.5 Å². The number of carbonyl (C=O) groups excluding carboxylic acids is 1. The molecule has 0 saturated heterocycles. The smallest absolute Gasteiger partial charge is 0.416 e. The quantitative estimate of drug-likeness (QED) is 0.302. The molecule has 192 valence electrons. The predicted octanol–water partition coefficient (Wildman–Crippen LogP) is 6.03. The summed E-state index contributed by atoms with van der Waals surface area (Å²) in [5.41, 5.74) is 2.47. The van der Waals surface area contributed by atoms with Crippen LogP contribution in [0.4, 0.5) is 18.9 Å². The lowest BCUT2D eigenvalue weighted by Gasteiger charge is -2.23. The molecule has 3 aromatic carbocycles. The van der Waals surface area contributed by atoms with Gasteiger partial charge >= 0.3 is 6.18 Å². The van der Waals surface area contributed by atoms with Crippen LogP contribution < -0.4 is 14.8 Å². The van der Waals surface area contributed by atoms with E-state index in [9.17, 15) is 23.1 Å². The second-order valence-electron chi connectivity index (χ2n) is 8.41. The maximum Gasteiger partial charge on any atom is 0.416 e. The second-order valence-corrected chi connectivity index (χ2v) is 8.41. The van der Waals surface area contributed by atoms with Crippen molar-refractivity contribution in [2.45, 2.75) is 25.6 Å². The van der Waals surface area contributed by atoms with Crippen molar-refractivity contribution in [3.05, 3.63) is 107 Å². The average Bonchev–Trinajstić information content (AvgIpc) is 2.87. The van der Waals surface area contributed by atoms with E-state index >= 15 is 0 Å². The largest absolute Gasteiger partial charge is 0.494 e. The molecule has 0 saturated carbocycles. The third kappa shape index (κ3) is 6.59. The Morgan fingerprint density at radius 1 is 1.08 bits per heavy atom. The molecule has 8 heteroatoms. The normalized spacial score (nSPS) is 15.7. The highest BCUT2D eigenvalue weighted by molar-refractivity contribution is 6.00. The van der Waals surface area contributed by atoms with Gasteiger partial charge < -0.3 is 19.9 Å². The van der Waals surface area contributed by atoms with Gasteiger partial charge in [-0.05, 0) is 60.0 Å². The summed E-state index contributed by atoms with van der Waals surface area (Å²) in [5.74, 6) is 0.892. The maximum atomic E-state index is 13.1. The first-order valence-corrected chi connectivity index (χ1v) is 11.8.